The second-order valence-corrected chi connectivity index (χ2v) is 6.44. The van der Waals surface area contributed by atoms with Gasteiger partial charge >= 0.3 is 5.76 Å². The van der Waals surface area contributed by atoms with Gasteiger partial charge in [-0.05, 0) is 43.7 Å². The van der Waals surface area contributed by atoms with Crippen molar-refractivity contribution in [2.75, 3.05) is 13.1 Å². The molecule has 130 valence electrons. The van der Waals surface area contributed by atoms with Crippen molar-refractivity contribution in [2.45, 2.75) is 25.4 Å². The summed E-state index contributed by atoms with van der Waals surface area (Å²) >= 11 is 0. The predicted octanol–water partition coefficient (Wildman–Crippen LogP) is 3.71. The van der Waals surface area contributed by atoms with E-state index in [1.165, 1.54) is 18.2 Å². The molecule has 1 fully saturated rings. The van der Waals surface area contributed by atoms with E-state index in [0.717, 1.165) is 24.9 Å². The van der Waals surface area contributed by atoms with Crippen LogP contribution in [0, 0.1) is 11.6 Å². The predicted molar refractivity (Wildman–Crippen MR) is 90.4 cm³/mol. The van der Waals surface area contributed by atoms with E-state index in [-0.39, 0.29) is 23.9 Å². The number of fused-ring (bicyclic) bond motifs is 1. The maximum absolute atomic E-state index is 13.9. The van der Waals surface area contributed by atoms with Crippen LogP contribution in [0.4, 0.5) is 8.78 Å². The van der Waals surface area contributed by atoms with Gasteiger partial charge in [0.05, 0.1) is 11.6 Å². The molecule has 0 spiro atoms. The SMILES string of the molecule is O=c1oc2ccccc2n1[C@H]1CCCN(Cc2c(F)cccc2F)C1. The highest BCUT2D eigenvalue weighted by atomic mass is 19.1. The molecule has 1 aromatic heterocycles. The summed E-state index contributed by atoms with van der Waals surface area (Å²) in [6, 6.07) is 11.1. The van der Waals surface area contributed by atoms with E-state index < -0.39 is 11.6 Å². The molecular formula is C19H18F2N2O2. The molecular weight excluding hydrogens is 326 g/mol. The van der Waals surface area contributed by atoms with E-state index >= 15 is 0 Å². The van der Waals surface area contributed by atoms with Crippen molar-refractivity contribution < 1.29 is 13.2 Å². The Labute approximate surface area is 143 Å². The average Bonchev–Trinajstić information content (AvgIpc) is 2.94. The Morgan fingerprint density at radius 3 is 2.64 bits per heavy atom. The van der Waals surface area contributed by atoms with Crippen molar-refractivity contribution in [2.24, 2.45) is 0 Å². The highest BCUT2D eigenvalue weighted by molar-refractivity contribution is 5.72. The van der Waals surface area contributed by atoms with Crippen LogP contribution in [-0.2, 0) is 6.54 Å². The molecule has 0 amide bonds. The second kappa shape index (κ2) is 6.44. The summed E-state index contributed by atoms with van der Waals surface area (Å²) in [5.41, 5.74) is 1.40. The van der Waals surface area contributed by atoms with Crippen LogP contribution in [0.2, 0.25) is 0 Å². The number of piperidine rings is 1. The summed E-state index contributed by atoms with van der Waals surface area (Å²) in [6.07, 6.45) is 1.69. The molecule has 2 aromatic carbocycles. The Morgan fingerprint density at radius 2 is 1.84 bits per heavy atom. The lowest BCUT2D eigenvalue weighted by Crippen LogP contribution is -2.38. The Bertz CT molecular complexity index is 943. The number of aromatic nitrogens is 1. The summed E-state index contributed by atoms with van der Waals surface area (Å²) in [7, 11) is 0. The fourth-order valence-corrected chi connectivity index (χ4v) is 3.62. The molecule has 1 aliphatic rings. The Morgan fingerprint density at radius 1 is 1.08 bits per heavy atom. The van der Waals surface area contributed by atoms with Crippen LogP contribution in [0.1, 0.15) is 24.4 Å². The topological polar surface area (TPSA) is 38.4 Å². The van der Waals surface area contributed by atoms with Gasteiger partial charge in [0.2, 0.25) is 0 Å². The van der Waals surface area contributed by atoms with E-state index in [1.54, 1.807) is 10.6 Å². The maximum atomic E-state index is 13.9. The van der Waals surface area contributed by atoms with Gasteiger partial charge in [0, 0.05) is 18.7 Å². The lowest BCUT2D eigenvalue weighted by molar-refractivity contribution is 0.164. The molecule has 6 heteroatoms. The first-order chi connectivity index (χ1) is 12.1. The van der Waals surface area contributed by atoms with Gasteiger partial charge in [0.15, 0.2) is 5.58 Å². The van der Waals surface area contributed by atoms with Crippen LogP contribution in [0.3, 0.4) is 0 Å². The average molecular weight is 344 g/mol. The molecule has 25 heavy (non-hydrogen) atoms. The van der Waals surface area contributed by atoms with E-state index in [4.69, 9.17) is 4.42 Å². The van der Waals surface area contributed by atoms with Crippen molar-refractivity contribution in [1.82, 2.24) is 9.47 Å². The summed E-state index contributed by atoms with van der Waals surface area (Å²) in [6.45, 7) is 1.49. The minimum absolute atomic E-state index is 0.0697. The highest BCUT2D eigenvalue weighted by Gasteiger charge is 2.26. The highest BCUT2D eigenvalue weighted by Crippen LogP contribution is 2.26. The third-order valence-corrected chi connectivity index (χ3v) is 4.81. The van der Waals surface area contributed by atoms with Crippen LogP contribution in [0.15, 0.2) is 51.7 Å². The quantitative estimate of drug-likeness (QED) is 0.727. The normalized spacial score (nSPS) is 18.7. The fourth-order valence-electron chi connectivity index (χ4n) is 3.62. The number of nitrogens with zero attached hydrogens (tertiary/aromatic N) is 2. The minimum atomic E-state index is -0.534. The van der Waals surface area contributed by atoms with E-state index in [1.807, 2.05) is 23.1 Å². The summed E-state index contributed by atoms with van der Waals surface area (Å²) in [4.78, 5) is 14.3. The summed E-state index contributed by atoms with van der Waals surface area (Å²) in [5.74, 6) is -1.45. The van der Waals surface area contributed by atoms with E-state index in [2.05, 4.69) is 0 Å². The monoisotopic (exact) mass is 344 g/mol. The molecule has 1 aliphatic heterocycles. The number of hydrogen-bond acceptors (Lipinski definition) is 3. The summed E-state index contributed by atoms with van der Waals surface area (Å²) < 4.78 is 34.8. The van der Waals surface area contributed by atoms with Crippen LogP contribution in [-0.4, -0.2) is 22.6 Å². The number of likely N-dealkylation sites (tertiary alicyclic amines) is 1. The number of hydrogen-bond donors (Lipinski definition) is 0. The zero-order valence-corrected chi connectivity index (χ0v) is 13.6. The van der Waals surface area contributed by atoms with Crippen molar-refractivity contribution in [3.8, 4) is 0 Å². The molecule has 4 rings (SSSR count). The number of halogens is 2. The zero-order valence-electron chi connectivity index (χ0n) is 13.6. The zero-order chi connectivity index (χ0) is 17.4. The largest absolute Gasteiger partial charge is 0.420 e. The Kier molecular flexibility index (Phi) is 4.13. The number of para-hydroxylation sites is 2. The molecule has 1 saturated heterocycles. The molecule has 0 N–H and O–H groups in total. The van der Waals surface area contributed by atoms with E-state index in [9.17, 15) is 13.6 Å². The molecule has 0 aliphatic carbocycles. The van der Waals surface area contributed by atoms with Gasteiger partial charge in [0.25, 0.3) is 0 Å². The van der Waals surface area contributed by atoms with Crippen LogP contribution in [0.25, 0.3) is 11.1 Å². The molecule has 0 saturated carbocycles. The van der Waals surface area contributed by atoms with Gasteiger partial charge in [-0.1, -0.05) is 18.2 Å². The molecule has 4 nitrogen and oxygen atoms in total. The van der Waals surface area contributed by atoms with Crippen molar-refractivity contribution in [3.05, 3.63) is 70.2 Å². The molecule has 0 bridgehead atoms. The number of rotatable bonds is 3. The van der Waals surface area contributed by atoms with E-state index in [0.29, 0.717) is 12.1 Å². The third kappa shape index (κ3) is 2.98. The van der Waals surface area contributed by atoms with Crippen LogP contribution in [0.5, 0.6) is 0 Å². The smallest absolute Gasteiger partial charge is 0.408 e. The lowest BCUT2D eigenvalue weighted by Gasteiger charge is -2.33. The van der Waals surface area contributed by atoms with Gasteiger partial charge in [0.1, 0.15) is 11.6 Å². The maximum Gasteiger partial charge on any atom is 0.420 e. The molecule has 3 aromatic rings. The number of benzene rings is 2. The van der Waals surface area contributed by atoms with Gasteiger partial charge in [-0.15, -0.1) is 0 Å². The second-order valence-electron chi connectivity index (χ2n) is 6.44. The van der Waals surface area contributed by atoms with Crippen molar-refractivity contribution in [3.63, 3.8) is 0 Å². The molecule has 2 heterocycles. The fraction of sp³-hybridized carbons (Fsp3) is 0.316. The van der Waals surface area contributed by atoms with Crippen LogP contribution < -0.4 is 5.76 Å². The minimum Gasteiger partial charge on any atom is -0.408 e. The van der Waals surface area contributed by atoms with Crippen LogP contribution >= 0.6 is 0 Å². The number of oxazole rings is 1. The lowest BCUT2D eigenvalue weighted by atomic mass is 10.0. The molecule has 1 atom stereocenters. The first-order valence-electron chi connectivity index (χ1n) is 8.39. The first kappa shape index (κ1) is 16.0. The third-order valence-electron chi connectivity index (χ3n) is 4.81. The Balaban J connectivity index is 1.61. The van der Waals surface area contributed by atoms with Gasteiger partial charge in [-0.3, -0.25) is 9.47 Å². The van der Waals surface area contributed by atoms with Gasteiger partial charge in [-0.25, -0.2) is 13.6 Å². The van der Waals surface area contributed by atoms with Crippen molar-refractivity contribution in [1.29, 1.82) is 0 Å². The molecule has 0 unspecified atom stereocenters. The van der Waals surface area contributed by atoms with Gasteiger partial charge < -0.3 is 4.42 Å². The Hall–Kier alpha value is -2.47. The summed E-state index contributed by atoms with van der Waals surface area (Å²) in [5, 5.41) is 0. The van der Waals surface area contributed by atoms with Gasteiger partial charge in [-0.2, -0.15) is 0 Å². The first-order valence-corrected chi connectivity index (χ1v) is 8.39. The van der Waals surface area contributed by atoms with Crippen molar-refractivity contribution >= 4 is 11.1 Å². The standard InChI is InChI=1S/C19H18F2N2O2/c20-15-6-3-7-16(21)14(15)12-22-10-4-5-13(11-22)23-17-8-1-2-9-18(17)25-19(23)24/h1-3,6-9,13H,4-5,10-12H2/t13-/m0/s1. The molecule has 0 radical (unpaired) electrons.